The summed E-state index contributed by atoms with van der Waals surface area (Å²) in [7, 11) is 0. The van der Waals surface area contributed by atoms with E-state index in [1.807, 2.05) is 120 Å². The molecular formula is C34H36O4S4. The summed E-state index contributed by atoms with van der Waals surface area (Å²) < 4.78 is 12.0. The number of thioether (sulfide) groups is 4. The molecule has 0 saturated carbocycles. The summed E-state index contributed by atoms with van der Waals surface area (Å²) in [6.07, 6.45) is 1.91. The van der Waals surface area contributed by atoms with Gasteiger partial charge in [-0.25, -0.2) is 9.59 Å². The van der Waals surface area contributed by atoms with Gasteiger partial charge in [0.05, 0.1) is 11.1 Å². The molecule has 4 aromatic rings. The fourth-order valence-electron chi connectivity index (χ4n) is 4.69. The van der Waals surface area contributed by atoms with E-state index in [4.69, 9.17) is 9.47 Å². The van der Waals surface area contributed by atoms with Crippen LogP contribution in [0.5, 0.6) is 0 Å². The Morgan fingerprint density at radius 3 is 1.24 bits per heavy atom. The van der Waals surface area contributed by atoms with Crippen LogP contribution in [0.1, 0.15) is 33.6 Å². The molecule has 0 bridgehead atoms. The van der Waals surface area contributed by atoms with Crippen LogP contribution >= 0.6 is 47.0 Å². The van der Waals surface area contributed by atoms with Crippen molar-refractivity contribution in [2.75, 3.05) is 46.0 Å². The Kier molecular flexibility index (Phi) is 12.3. The van der Waals surface area contributed by atoms with Crippen molar-refractivity contribution < 1.29 is 19.1 Å². The van der Waals surface area contributed by atoms with Crippen LogP contribution in [0.4, 0.5) is 0 Å². The standard InChI is InChI=1S/C34H36O4S4/c35-33(29-13-11-25-7-1-3-9-27(25)19-29)37-31-21-39-15-5-17-41-23-32(24-42-18-6-16-40-22-31)38-34(36)30-14-12-26-8-2-4-10-28(26)20-30/h1-4,7-14,19-20,31-32H,5-6,15-18,21-24H2. The fourth-order valence-corrected chi connectivity index (χ4v) is 9.21. The molecule has 42 heavy (non-hydrogen) atoms. The summed E-state index contributed by atoms with van der Waals surface area (Å²) in [4.78, 5) is 26.0. The van der Waals surface area contributed by atoms with Gasteiger partial charge in [0.25, 0.3) is 0 Å². The zero-order valence-electron chi connectivity index (χ0n) is 23.6. The minimum Gasteiger partial charge on any atom is -0.457 e. The highest BCUT2D eigenvalue weighted by Gasteiger charge is 2.19. The maximum absolute atomic E-state index is 13.0. The summed E-state index contributed by atoms with van der Waals surface area (Å²) in [5.74, 6) is 6.78. The molecule has 1 aliphatic heterocycles. The van der Waals surface area contributed by atoms with Gasteiger partial charge in [0.15, 0.2) is 0 Å². The molecule has 1 aliphatic rings. The third kappa shape index (κ3) is 9.37. The average Bonchev–Trinajstić information content (AvgIpc) is 3.02. The lowest BCUT2D eigenvalue weighted by Crippen LogP contribution is -2.24. The van der Waals surface area contributed by atoms with Crippen LogP contribution < -0.4 is 0 Å². The van der Waals surface area contributed by atoms with Crippen molar-refractivity contribution in [3.63, 3.8) is 0 Å². The van der Waals surface area contributed by atoms with Gasteiger partial charge in [-0.15, -0.1) is 0 Å². The molecule has 4 aromatic carbocycles. The first-order valence-corrected chi connectivity index (χ1v) is 19.0. The number of carbonyl (C=O) groups excluding carboxylic acids is 2. The molecule has 1 heterocycles. The molecule has 0 aliphatic carbocycles. The van der Waals surface area contributed by atoms with Crippen LogP contribution in [-0.2, 0) is 9.47 Å². The maximum Gasteiger partial charge on any atom is 0.338 e. The Morgan fingerprint density at radius 2 is 0.857 bits per heavy atom. The van der Waals surface area contributed by atoms with Crippen LogP contribution in [0.15, 0.2) is 84.9 Å². The Labute approximate surface area is 265 Å². The number of rotatable bonds is 4. The van der Waals surface area contributed by atoms with Gasteiger partial charge in [-0.2, -0.15) is 47.0 Å². The Morgan fingerprint density at radius 1 is 0.500 bits per heavy atom. The quantitative estimate of drug-likeness (QED) is 0.207. The van der Waals surface area contributed by atoms with E-state index in [9.17, 15) is 9.59 Å². The summed E-state index contributed by atoms with van der Waals surface area (Å²) >= 11 is 7.41. The summed E-state index contributed by atoms with van der Waals surface area (Å²) in [6, 6.07) is 27.7. The van der Waals surface area contributed by atoms with E-state index in [2.05, 4.69) is 12.1 Å². The third-order valence-electron chi connectivity index (χ3n) is 6.89. The van der Waals surface area contributed by atoms with E-state index in [1.165, 1.54) is 0 Å². The molecule has 0 N–H and O–H groups in total. The van der Waals surface area contributed by atoms with Crippen LogP contribution in [0.3, 0.4) is 0 Å². The smallest absolute Gasteiger partial charge is 0.338 e. The second-order valence-corrected chi connectivity index (χ2v) is 14.8. The molecule has 4 nitrogen and oxygen atoms in total. The van der Waals surface area contributed by atoms with Crippen molar-refractivity contribution in [2.24, 2.45) is 0 Å². The molecule has 0 unspecified atom stereocenters. The molecular weight excluding hydrogens is 601 g/mol. The highest BCUT2D eigenvalue weighted by molar-refractivity contribution is 8.01. The molecule has 0 radical (unpaired) electrons. The zero-order valence-corrected chi connectivity index (χ0v) is 26.8. The van der Waals surface area contributed by atoms with Gasteiger partial charge >= 0.3 is 11.9 Å². The normalized spacial score (nSPS) is 19.7. The highest BCUT2D eigenvalue weighted by Crippen LogP contribution is 2.23. The number of benzene rings is 4. The molecule has 0 atom stereocenters. The van der Waals surface area contributed by atoms with Gasteiger partial charge in [0.2, 0.25) is 0 Å². The first-order valence-electron chi connectivity index (χ1n) is 14.4. The van der Waals surface area contributed by atoms with Crippen molar-refractivity contribution in [3.05, 3.63) is 96.1 Å². The van der Waals surface area contributed by atoms with Crippen molar-refractivity contribution in [1.82, 2.24) is 0 Å². The number of ether oxygens (including phenoxy) is 2. The van der Waals surface area contributed by atoms with Crippen LogP contribution in [0.2, 0.25) is 0 Å². The van der Waals surface area contributed by atoms with Crippen LogP contribution in [-0.4, -0.2) is 70.2 Å². The topological polar surface area (TPSA) is 52.6 Å². The molecule has 0 spiro atoms. The van der Waals surface area contributed by atoms with Gasteiger partial charge in [0.1, 0.15) is 12.2 Å². The van der Waals surface area contributed by atoms with Gasteiger partial charge in [0, 0.05) is 23.0 Å². The summed E-state index contributed by atoms with van der Waals surface area (Å²) in [6.45, 7) is 0. The van der Waals surface area contributed by atoms with Gasteiger partial charge < -0.3 is 9.47 Å². The van der Waals surface area contributed by atoms with Crippen LogP contribution in [0.25, 0.3) is 21.5 Å². The molecule has 1 fully saturated rings. The Hall–Kier alpha value is -2.26. The van der Waals surface area contributed by atoms with E-state index in [1.54, 1.807) is 0 Å². The lowest BCUT2D eigenvalue weighted by atomic mass is 10.1. The van der Waals surface area contributed by atoms with E-state index >= 15 is 0 Å². The predicted molar refractivity (Wildman–Crippen MR) is 185 cm³/mol. The summed E-state index contributed by atoms with van der Waals surface area (Å²) in [5, 5.41) is 4.34. The van der Waals surface area contributed by atoms with Crippen molar-refractivity contribution in [1.29, 1.82) is 0 Å². The third-order valence-corrected chi connectivity index (χ3v) is 11.6. The largest absolute Gasteiger partial charge is 0.457 e. The number of fused-ring (bicyclic) bond motifs is 2. The van der Waals surface area contributed by atoms with E-state index in [-0.39, 0.29) is 24.1 Å². The van der Waals surface area contributed by atoms with Gasteiger partial charge in [-0.3, -0.25) is 0 Å². The molecule has 0 aromatic heterocycles. The minimum atomic E-state index is -0.239. The predicted octanol–water partition coefficient (Wildman–Crippen LogP) is 8.47. The van der Waals surface area contributed by atoms with E-state index in [0.717, 1.165) is 80.4 Å². The van der Waals surface area contributed by atoms with Crippen molar-refractivity contribution >= 4 is 80.5 Å². The summed E-state index contributed by atoms with van der Waals surface area (Å²) in [5.41, 5.74) is 1.22. The molecule has 8 heteroatoms. The highest BCUT2D eigenvalue weighted by atomic mass is 32.2. The lowest BCUT2D eigenvalue weighted by molar-refractivity contribution is 0.0384. The number of esters is 2. The monoisotopic (exact) mass is 636 g/mol. The number of carbonyl (C=O) groups is 2. The van der Waals surface area contributed by atoms with Crippen molar-refractivity contribution in [3.8, 4) is 0 Å². The number of hydrogen-bond donors (Lipinski definition) is 0. The first kappa shape index (κ1) is 31.2. The Balaban J connectivity index is 1.10. The fraction of sp³-hybridized carbons (Fsp3) is 0.353. The van der Waals surface area contributed by atoms with E-state index in [0.29, 0.717) is 11.1 Å². The second kappa shape index (κ2) is 16.6. The second-order valence-electron chi connectivity index (χ2n) is 10.2. The molecule has 0 amide bonds. The minimum absolute atomic E-state index is 0.105. The lowest BCUT2D eigenvalue weighted by Gasteiger charge is -2.19. The molecule has 220 valence electrons. The van der Waals surface area contributed by atoms with Gasteiger partial charge in [-0.05, 0) is 81.7 Å². The Bertz CT molecular complexity index is 1350. The van der Waals surface area contributed by atoms with Crippen molar-refractivity contribution in [2.45, 2.75) is 25.0 Å². The SMILES string of the molecule is O=C(OC1CSCCCSCC(OC(=O)c2ccc3ccccc3c2)CSCCCSC1)c1ccc2ccccc2c1. The molecule has 1 saturated heterocycles. The first-order chi connectivity index (χ1) is 20.7. The maximum atomic E-state index is 13.0. The molecule has 5 rings (SSSR count). The van der Waals surface area contributed by atoms with Crippen LogP contribution in [0, 0.1) is 0 Å². The number of hydrogen-bond acceptors (Lipinski definition) is 8. The van der Waals surface area contributed by atoms with Gasteiger partial charge in [-0.1, -0.05) is 60.7 Å². The zero-order chi connectivity index (χ0) is 29.0. The average molecular weight is 637 g/mol. The van der Waals surface area contributed by atoms with E-state index < -0.39 is 0 Å².